The Kier molecular flexibility index (Phi) is 13.9. The summed E-state index contributed by atoms with van der Waals surface area (Å²) >= 11 is 0. The third-order valence-electron chi connectivity index (χ3n) is 3.15. The van der Waals surface area contributed by atoms with E-state index >= 15 is 0 Å². The van der Waals surface area contributed by atoms with Crippen LogP contribution in [0.2, 0.25) is 0 Å². The highest BCUT2D eigenvalue weighted by Crippen LogP contribution is 2.09. The van der Waals surface area contributed by atoms with Crippen LogP contribution in [0.3, 0.4) is 0 Å². The van der Waals surface area contributed by atoms with Crippen LogP contribution < -0.4 is 0 Å². The molecule has 0 fully saturated rings. The smallest absolute Gasteiger partial charge is 0.0491 e. The van der Waals surface area contributed by atoms with E-state index in [1.807, 2.05) is 0 Å². The number of aliphatic hydroxyl groups excluding tert-OH is 1. The van der Waals surface area contributed by atoms with Crippen LogP contribution in [0.25, 0.3) is 0 Å². The van der Waals surface area contributed by atoms with Gasteiger partial charge in [0.2, 0.25) is 0 Å². The third-order valence-corrected chi connectivity index (χ3v) is 3.15. The lowest BCUT2D eigenvalue weighted by Crippen LogP contribution is -2.06. The van der Waals surface area contributed by atoms with Crippen LogP contribution in [0.1, 0.15) is 71.6 Å². The summed E-state index contributed by atoms with van der Waals surface area (Å²) in [7, 11) is 0. The number of ether oxygens (including phenoxy) is 1. The lowest BCUT2D eigenvalue weighted by atomic mass is 10.1. The summed E-state index contributed by atoms with van der Waals surface area (Å²) < 4.78 is 5.68. The zero-order valence-electron chi connectivity index (χ0n) is 11.9. The van der Waals surface area contributed by atoms with Crippen molar-refractivity contribution in [3.63, 3.8) is 0 Å². The summed E-state index contributed by atoms with van der Waals surface area (Å²) in [5.41, 5.74) is 0. The molecule has 17 heavy (non-hydrogen) atoms. The Morgan fingerprint density at radius 2 is 1.59 bits per heavy atom. The number of rotatable bonds is 13. The maximum Gasteiger partial charge on any atom is 0.0491 e. The van der Waals surface area contributed by atoms with Crippen LogP contribution in [0.4, 0.5) is 0 Å². The lowest BCUT2D eigenvalue weighted by Gasteiger charge is -2.11. The number of aliphatic hydroxyl groups is 1. The quantitative estimate of drug-likeness (QED) is 0.493. The molecule has 0 saturated heterocycles. The van der Waals surface area contributed by atoms with Gasteiger partial charge in [-0.2, -0.15) is 0 Å². The van der Waals surface area contributed by atoms with E-state index in [4.69, 9.17) is 9.84 Å². The second-order valence-electron chi connectivity index (χ2n) is 5.17. The zero-order valence-corrected chi connectivity index (χ0v) is 11.9. The summed E-state index contributed by atoms with van der Waals surface area (Å²) in [6, 6.07) is 0. The molecule has 0 heterocycles. The van der Waals surface area contributed by atoms with Crippen molar-refractivity contribution >= 4 is 0 Å². The Labute approximate surface area is 108 Å². The molecular weight excluding hydrogens is 212 g/mol. The van der Waals surface area contributed by atoms with E-state index in [1.54, 1.807) is 0 Å². The van der Waals surface area contributed by atoms with Crippen molar-refractivity contribution in [3.8, 4) is 0 Å². The van der Waals surface area contributed by atoms with Gasteiger partial charge in [0, 0.05) is 19.8 Å². The van der Waals surface area contributed by atoms with E-state index in [2.05, 4.69) is 13.8 Å². The summed E-state index contributed by atoms with van der Waals surface area (Å²) in [4.78, 5) is 0. The van der Waals surface area contributed by atoms with Crippen molar-refractivity contribution in [1.29, 1.82) is 0 Å². The van der Waals surface area contributed by atoms with Crippen LogP contribution in [0, 0.1) is 5.92 Å². The van der Waals surface area contributed by atoms with Gasteiger partial charge in [-0.3, -0.25) is 0 Å². The third kappa shape index (κ3) is 13.9. The molecule has 0 rings (SSSR count). The molecule has 1 N–H and O–H groups in total. The Hall–Kier alpha value is -0.0800. The minimum atomic E-state index is 0.346. The van der Waals surface area contributed by atoms with E-state index in [1.165, 1.54) is 51.4 Å². The van der Waals surface area contributed by atoms with Gasteiger partial charge in [-0.05, 0) is 25.2 Å². The molecule has 0 aromatic heterocycles. The van der Waals surface area contributed by atoms with Gasteiger partial charge in [-0.15, -0.1) is 0 Å². The topological polar surface area (TPSA) is 29.5 Å². The molecule has 0 spiro atoms. The van der Waals surface area contributed by atoms with Gasteiger partial charge in [0.1, 0.15) is 0 Å². The first-order chi connectivity index (χ1) is 8.31. The highest BCUT2D eigenvalue weighted by atomic mass is 16.5. The molecule has 1 unspecified atom stereocenters. The van der Waals surface area contributed by atoms with E-state index in [9.17, 15) is 0 Å². The van der Waals surface area contributed by atoms with Gasteiger partial charge in [0.15, 0.2) is 0 Å². The lowest BCUT2D eigenvalue weighted by molar-refractivity contribution is 0.0978. The van der Waals surface area contributed by atoms with E-state index in [-0.39, 0.29) is 0 Å². The highest BCUT2D eigenvalue weighted by Gasteiger charge is 2.00. The van der Waals surface area contributed by atoms with E-state index in [0.717, 1.165) is 25.6 Å². The van der Waals surface area contributed by atoms with Crippen molar-refractivity contribution in [1.82, 2.24) is 0 Å². The molecule has 2 heteroatoms. The molecule has 1 atom stereocenters. The summed E-state index contributed by atoms with van der Waals surface area (Å²) in [5, 5.41) is 8.63. The number of hydrogen-bond donors (Lipinski definition) is 1. The fourth-order valence-electron chi connectivity index (χ4n) is 1.94. The monoisotopic (exact) mass is 244 g/mol. The van der Waals surface area contributed by atoms with Crippen molar-refractivity contribution in [2.24, 2.45) is 5.92 Å². The van der Waals surface area contributed by atoms with Gasteiger partial charge < -0.3 is 9.84 Å². The minimum absolute atomic E-state index is 0.346. The molecule has 0 amide bonds. The molecule has 0 saturated carbocycles. The normalized spacial score (nSPS) is 12.9. The largest absolute Gasteiger partial charge is 0.396 e. The number of unbranched alkanes of at least 4 members (excludes halogenated alkanes) is 6. The molecule has 0 aromatic rings. The number of hydrogen-bond acceptors (Lipinski definition) is 2. The maximum atomic E-state index is 8.63. The van der Waals surface area contributed by atoms with Crippen molar-refractivity contribution in [2.45, 2.75) is 71.6 Å². The van der Waals surface area contributed by atoms with Gasteiger partial charge in [-0.1, -0.05) is 52.4 Å². The van der Waals surface area contributed by atoms with E-state index < -0.39 is 0 Å². The van der Waals surface area contributed by atoms with Crippen molar-refractivity contribution in [3.05, 3.63) is 0 Å². The summed E-state index contributed by atoms with van der Waals surface area (Å²) in [5.74, 6) is 0.722. The van der Waals surface area contributed by atoms with Crippen LogP contribution in [-0.2, 0) is 4.74 Å². The van der Waals surface area contributed by atoms with Crippen LogP contribution in [-0.4, -0.2) is 24.9 Å². The predicted molar refractivity (Wildman–Crippen MR) is 74.3 cm³/mol. The fraction of sp³-hybridized carbons (Fsp3) is 1.00. The molecule has 2 nitrogen and oxygen atoms in total. The maximum absolute atomic E-state index is 8.63. The Morgan fingerprint density at radius 3 is 2.24 bits per heavy atom. The Morgan fingerprint density at radius 1 is 0.941 bits per heavy atom. The van der Waals surface area contributed by atoms with Gasteiger partial charge >= 0.3 is 0 Å². The zero-order chi connectivity index (χ0) is 12.8. The second kappa shape index (κ2) is 14.0. The fourth-order valence-corrected chi connectivity index (χ4v) is 1.94. The predicted octanol–water partition coefficient (Wildman–Crippen LogP) is 4.16. The average Bonchev–Trinajstić information content (AvgIpc) is 2.34. The molecule has 104 valence electrons. The molecule has 0 aliphatic carbocycles. The van der Waals surface area contributed by atoms with Crippen molar-refractivity contribution < 1.29 is 9.84 Å². The first kappa shape index (κ1) is 16.9. The van der Waals surface area contributed by atoms with Crippen molar-refractivity contribution in [2.75, 3.05) is 19.8 Å². The van der Waals surface area contributed by atoms with Crippen LogP contribution in [0.15, 0.2) is 0 Å². The Bertz CT molecular complexity index is 137. The molecule has 0 bridgehead atoms. The van der Waals surface area contributed by atoms with Crippen LogP contribution >= 0.6 is 0 Å². The molecule has 0 aliphatic rings. The highest BCUT2D eigenvalue weighted by molar-refractivity contribution is 4.51. The SMILES string of the molecule is CCCCC(C)COCCCCCCCCO. The molecule has 0 radical (unpaired) electrons. The molecule has 0 aliphatic heterocycles. The van der Waals surface area contributed by atoms with E-state index in [0.29, 0.717) is 6.61 Å². The molecular formula is C15H32O2. The van der Waals surface area contributed by atoms with Gasteiger partial charge in [0.25, 0.3) is 0 Å². The summed E-state index contributed by atoms with van der Waals surface area (Å²) in [6.45, 7) is 6.73. The molecule has 0 aromatic carbocycles. The first-order valence-corrected chi connectivity index (χ1v) is 7.49. The van der Waals surface area contributed by atoms with Crippen LogP contribution in [0.5, 0.6) is 0 Å². The minimum Gasteiger partial charge on any atom is -0.396 e. The standard InChI is InChI=1S/C15H32O2/c1-3-4-11-15(2)14-17-13-10-8-6-5-7-9-12-16/h15-16H,3-14H2,1-2H3. The van der Waals surface area contributed by atoms with Gasteiger partial charge in [-0.25, -0.2) is 0 Å². The second-order valence-corrected chi connectivity index (χ2v) is 5.17. The Balaban J connectivity index is 3.02. The first-order valence-electron chi connectivity index (χ1n) is 7.49. The van der Waals surface area contributed by atoms with Gasteiger partial charge in [0.05, 0.1) is 0 Å². The summed E-state index contributed by atoms with van der Waals surface area (Å²) in [6.07, 6.45) is 11.1. The average molecular weight is 244 g/mol.